The molecule has 0 radical (unpaired) electrons. The Balaban J connectivity index is 1.12. The topological polar surface area (TPSA) is 128 Å². The van der Waals surface area contributed by atoms with Crippen LogP contribution in [-0.4, -0.2) is 62.2 Å². The summed E-state index contributed by atoms with van der Waals surface area (Å²) in [6, 6.07) is 1.65. The molecule has 4 aliphatic rings. The molecule has 1 saturated heterocycles. The van der Waals surface area contributed by atoms with Crippen molar-refractivity contribution in [1.82, 2.24) is 29.9 Å². The number of hydrogen-bond donors (Lipinski definition) is 3. The number of nitrogens with one attached hydrogen (secondary N) is 3. The first kappa shape index (κ1) is 21.3. The Bertz CT molecular complexity index is 1230. The van der Waals surface area contributed by atoms with Gasteiger partial charge in [0.2, 0.25) is 5.95 Å². The molecule has 3 atom stereocenters. The summed E-state index contributed by atoms with van der Waals surface area (Å²) in [5.74, 6) is 1.67. The Morgan fingerprint density at radius 1 is 1.41 bits per heavy atom. The number of nitrogens with zero attached hydrogens (tertiary/aromatic N) is 4. The fourth-order valence-electron chi connectivity index (χ4n) is 5.07. The summed E-state index contributed by atoms with van der Waals surface area (Å²) in [6.45, 7) is 2.29. The van der Waals surface area contributed by atoms with Gasteiger partial charge in [-0.15, -0.1) is 0 Å². The van der Waals surface area contributed by atoms with Crippen LogP contribution < -0.4 is 10.6 Å². The SMILES string of the molecule is COCc1cn2c(Nc3cc([C@@H]4OC[C@H](OC(=O)NC56CC(C5)C6)[C@@H]4F)[nH]n3)ncc(C)c2n1. The van der Waals surface area contributed by atoms with E-state index in [0.717, 1.165) is 42.1 Å². The van der Waals surface area contributed by atoms with Crippen LogP contribution in [0.4, 0.5) is 21.0 Å². The van der Waals surface area contributed by atoms with Crippen molar-refractivity contribution in [3.63, 3.8) is 0 Å². The number of hydrogen-bond acceptors (Lipinski definition) is 8. The first-order valence-corrected chi connectivity index (χ1v) is 11.3. The average Bonchev–Trinajstić information content (AvgIpc) is 3.47. The van der Waals surface area contributed by atoms with Crippen molar-refractivity contribution < 1.29 is 23.4 Å². The molecule has 34 heavy (non-hydrogen) atoms. The van der Waals surface area contributed by atoms with Crippen molar-refractivity contribution in [2.75, 3.05) is 19.0 Å². The van der Waals surface area contributed by atoms with Gasteiger partial charge in [0, 0.05) is 36.7 Å². The standard InChI is InChI=1S/C22H26FN7O4/c1-11-7-24-20(30-8-13(9-32-2)25-19(11)30)26-16-3-14(28-29-16)18-17(23)15(10-33-18)34-21(31)27-22-4-12(5-22)6-22/h3,7-8,12,15,17-18H,4-6,9-10H2,1-2H3,(H,27,31)(H2,24,26,28,29)/t12?,15-,17-,18-,22?/m0/s1. The van der Waals surface area contributed by atoms with Gasteiger partial charge in [0.05, 0.1) is 24.6 Å². The van der Waals surface area contributed by atoms with E-state index in [9.17, 15) is 4.79 Å². The molecule has 4 fully saturated rings. The second-order valence-corrected chi connectivity index (χ2v) is 9.48. The Morgan fingerprint density at radius 3 is 2.97 bits per heavy atom. The van der Waals surface area contributed by atoms with Gasteiger partial charge in [-0.2, -0.15) is 5.10 Å². The van der Waals surface area contributed by atoms with Crippen LogP contribution in [0, 0.1) is 12.8 Å². The van der Waals surface area contributed by atoms with Crippen LogP contribution >= 0.6 is 0 Å². The van der Waals surface area contributed by atoms with Gasteiger partial charge < -0.3 is 24.8 Å². The maximum Gasteiger partial charge on any atom is 0.408 e. The molecule has 1 amide bonds. The second-order valence-electron chi connectivity index (χ2n) is 9.48. The lowest BCUT2D eigenvalue weighted by Gasteiger charge is -2.61. The van der Waals surface area contributed by atoms with E-state index in [1.54, 1.807) is 19.4 Å². The van der Waals surface area contributed by atoms with Gasteiger partial charge >= 0.3 is 6.09 Å². The van der Waals surface area contributed by atoms with E-state index < -0.39 is 24.5 Å². The summed E-state index contributed by atoms with van der Waals surface area (Å²) in [6.07, 6.45) is 2.55. The number of H-pyrrole nitrogens is 1. The minimum atomic E-state index is -1.51. The summed E-state index contributed by atoms with van der Waals surface area (Å²) in [5, 5.41) is 13.0. The monoisotopic (exact) mass is 471 g/mol. The fourth-order valence-corrected chi connectivity index (χ4v) is 5.07. The van der Waals surface area contributed by atoms with Crippen LogP contribution in [0.25, 0.3) is 5.65 Å². The number of anilines is 2. The summed E-state index contributed by atoms with van der Waals surface area (Å²) in [4.78, 5) is 21.2. The summed E-state index contributed by atoms with van der Waals surface area (Å²) in [5.41, 5.74) is 2.76. The van der Waals surface area contributed by atoms with Crippen molar-refractivity contribution >= 4 is 23.5 Å². The van der Waals surface area contributed by atoms with Crippen molar-refractivity contribution in [2.45, 2.75) is 56.7 Å². The lowest BCUT2D eigenvalue weighted by Crippen LogP contribution is -2.68. The number of imidazole rings is 1. The van der Waals surface area contributed by atoms with Crippen LogP contribution in [0.1, 0.15) is 42.3 Å². The number of carbonyl (C=O) groups is 1. The molecule has 0 unspecified atom stereocenters. The van der Waals surface area contributed by atoms with E-state index in [1.165, 1.54) is 0 Å². The lowest BCUT2D eigenvalue weighted by atomic mass is 9.50. The molecule has 11 nitrogen and oxygen atoms in total. The number of fused-ring (bicyclic) bond motifs is 1. The van der Waals surface area contributed by atoms with Crippen molar-refractivity contribution in [3.8, 4) is 0 Å². The van der Waals surface area contributed by atoms with Gasteiger partial charge in [0.25, 0.3) is 0 Å². The van der Waals surface area contributed by atoms with Crippen LogP contribution in [0.3, 0.4) is 0 Å². The molecule has 3 saturated carbocycles. The van der Waals surface area contributed by atoms with Crippen molar-refractivity contribution in [3.05, 3.63) is 35.4 Å². The van der Waals surface area contributed by atoms with E-state index >= 15 is 4.39 Å². The number of alkyl carbamates (subject to hydrolysis) is 1. The predicted octanol–water partition coefficient (Wildman–Crippen LogP) is 2.71. The van der Waals surface area contributed by atoms with Gasteiger partial charge in [-0.25, -0.2) is 19.2 Å². The highest BCUT2D eigenvalue weighted by Crippen LogP contribution is 2.57. The molecule has 1 aliphatic heterocycles. The number of halogens is 1. The van der Waals surface area contributed by atoms with Crippen molar-refractivity contribution in [1.29, 1.82) is 0 Å². The Hall–Kier alpha value is -3.25. The van der Waals surface area contributed by atoms with Crippen molar-refractivity contribution in [2.24, 2.45) is 5.92 Å². The van der Waals surface area contributed by atoms with E-state index in [2.05, 4.69) is 30.8 Å². The van der Waals surface area contributed by atoms with Gasteiger partial charge in [0.1, 0.15) is 11.8 Å². The van der Waals surface area contributed by atoms with Crippen LogP contribution in [0.15, 0.2) is 18.5 Å². The molecule has 3 aromatic heterocycles. The molecule has 4 heterocycles. The molecule has 3 aliphatic carbocycles. The molecule has 0 aromatic carbocycles. The number of aromatic amines is 1. The zero-order chi connectivity index (χ0) is 23.4. The first-order chi connectivity index (χ1) is 16.4. The van der Waals surface area contributed by atoms with Crippen LogP contribution in [0.2, 0.25) is 0 Å². The Labute approximate surface area is 194 Å². The smallest absolute Gasteiger partial charge is 0.408 e. The molecular weight excluding hydrogens is 445 g/mol. The summed E-state index contributed by atoms with van der Waals surface area (Å²) >= 11 is 0. The fraction of sp³-hybridized carbons (Fsp3) is 0.545. The highest BCUT2D eigenvalue weighted by atomic mass is 19.1. The van der Waals surface area contributed by atoms with E-state index in [4.69, 9.17) is 14.2 Å². The number of alkyl halides is 1. The van der Waals surface area contributed by atoms with Gasteiger partial charge in [0.15, 0.2) is 18.1 Å². The van der Waals surface area contributed by atoms with E-state index in [-0.39, 0.29) is 12.1 Å². The quantitative estimate of drug-likeness (QED) is 0.480. The predicted molar refractivity (Wildman–Crippen MR) is 117 cm³/mol. The summed E-state index contributed by atoms with van der Waals surface area (Å²) in [7, 11) is 1.61. The molecule has 180 valence electrons. The number of ether oxygens (including phenoxy) is 3. The zero-order valence-corrected chi connectivity index (χ0v) is 18.9. The number of amides is 1. The van der Waals surface area contributed by atoms with Crippen LogP contribution in [-0.2, 0) is 20.8 Å². The lowest BCUT2D eigenvalue weighted by molar-refractivity contribution is -0.0528. The third kappa shape index (κ3) is 3.57. The van der Waals surface area contributed by atoms with E-state index in [0.29, 0.717) is 24.1 Å². The third-order valence-electron chi connectivity index (χ3n) is 6.90. The maximum atomic E-state index is 15.1. The number of rotatable bonds is 7. The highest BCUT2D eigenvalue weighted by Gasteiger charge is 2.58. The second kappa shape index (κ2) is 7.91. The summed E-state index contributed by atoms with van der Waals surface area (Å²) < 4.78 is 33.0. The highest BCUT2D eigenvalue weighted by molar-refractivity contribution is 5.69. The normalized spacial score (nSPS) is 29.5. The Kier molecular flexibility index (Phi) is 4.96. The Morgan fingerprint density at radius 2 is 2.24 bits per heavy atom. The molecule has 7 rings (SSSR count). The minimum absolute atomic E-state index is 0.0197. The molecule has 3 aromatic rings. The molecular formula is C22H26FN7O4. The zero-order valence-electron chi connectivity index (χ0n) is 18.9. The van der Waals surface area contributed by atoms with Gasteiger partial charge in [-0.05, 0) is 32.1 Å². The number of carbonyl (C=O) groups excluding carboxylic acids is 1. The first-order valence-electron chi connectivity index (χ1n) is 11.3. The largest absolute Gasteiger partial charge is 0.441 e. The minimum Gasteiger partial charge on any atom is -0.441 e. The number of aryl methyl sites for hydroxylation is 1. The third-order valence-corrected chi connectivity index (χ3v) is 6.90. The molecule has 3 N–H and O–H groups in total. The molecule has 2 bridgehead atoms. The molecule has 12 heteroatoms. The number of aromatic nitrogens is 5. The van der Waals surface area contributed by atoms with Gasteiger partial charge in [-0.1, -0.05) is 0 Å². The van der Waals surface area contributed by atoms with Gasteiger partial charge in [-0.3, -0.25) is 9.50 Å². The number of methoxy groups -OCH3 is 1. The van der Waals surface area contributed by atoms with E-state index in [1.807, 2.05) is 17.5 Å². The maximum absolute atomic E-state index is 15.1. The molecule has 0 spiro atoms. The van der Waals surface area contributed by atoms with Crippen LogP contribution in [0.5, 0.6) is 0 Å². The average molecular weight is 471 g/mol.